The van der Waals surface area contributed by atoms with Gasteiger partial charge in [-0.1, -0.05) is 0 Å². The van der Waals surface area contributed by atoms with Crippen LogP contribution in [0.25, 0.3) is 0 Å². The highest BCUT2D eigenvalue weighted by molar-refractivity contribution is 5.93. The third-order valence-electron chi connectivity index (χ3n) is 2.66. The molecule has 0 radical (unpaired) electrons. The van der Waals surface area contributed by atoms with Crippen LogP contribution in [-0.2, 0) is 0 Å². The molecule has 1 aromatic heterocycles. The van der Waals surface area contributed by atoms with Gasteiger partial charge in [-0.05, 0) is 26.0 Å². The van der Waals surface area contributed by atoms with Crippen LogP contribution in [-0.4, -0.2) is 54.2 Å². The summed E-state index contributed by atoms with van der Waals surface area (Å²) in [6, 6.07) is 3.82. The van der Waals surface area contributed by atoms with Gasteiger partial charge in [0.25, 0.3) is 5.91 Å². The number of hydrogen-bond donors (Lipinski definition) is 1. The van der Waals surface area contributed by atoms with Crippen molar-refractivity contribution < 1.29 is 9.90 Å². The molecule has 100 valence electrons. The molecular weight excluding hydrogens is 230 g/mol. The van der Waals surface area contributed by atoms with Crippen molar-refractivity contribution in [3.05, 3.63) is 23.9 Å². The van der Waals surface area contributed by atoms with E-state index in [1.165, 1.54) is 4.90 Å². The van der Waals surface area contributed by atoms with E-state index in [0.717, 1.165) is 5.82 Å². The fourth-order valence-corrected chi connectivity index (χ4v) is 1.69. The first kappa shape index (κ1) is 14.4. The molecule has 0 bridgehead atoms. The topological polar surface area (TPSA) is 56.7 Å². The zero-order valence-electron chi connectivity index (χ0n) is 11.4. The predicted octanol–water partition coefficient (Wildman–Crippen LogP) is 0.991. The molecule has 18 heavy (non-hydrogen) atoms. The molecule has 0 atom stereocenters. The van der Waals surface area contributed by atoms with Gasteiger partial charge in [-0.15, -0.1) is 0 Å². The Hall–Kier alpha value is -1.62. The van der Waals surface area contributed by atoms with Gasteiger partial charge in [0.15, 0.2) is 0 Å². The summed E-state index contributed by atoms with van der Waals surface area (Å²) in [7, 11) is 3.42. The van der Waals surface area contributed by atoms with Crippen LogP contribution >= 0.6 is 0 Å². The van der Waals surface area contributed by atoms with Crippen molar-refractivity contribution in [3.8, 4) is 0 Å². The van der Waals surface area contributed by atoms with Crippen LogP contribution in [0.1, 0.15) is 24.2 Å². The highest BCUT2D eigenvalue weighted by atomic mass is 16.3. The summed E-state index contributed by atoms with van der Waals surface area (Å²) >= 11 is 0. The molecule has 0 saturated heterocycles. The summed E-state index contributed by atoms with van der Waals surface area (Å²) < 4.78 is 0. The average molecular weight is 251 g/mol. The number of anilines is 1. The molecule has 0 aromatic carbocycles. The molecule has 0 unspecified atom stereocenters. The molecule has 1 amide bonds. The minimum atomic E-state index is -0.0627. The van der Waals surface area contributed by atoms with Crippen molar-refractivity contribution in [2.24, 2.45) is 0 Å². The molecule has 5 heteroatoms. The lowest BCUT2D eigenvalue weighted by molar-refractivity contribution is 0.0827. The molecule has 0 spiro atoms. The third-order valence-corrected chi connectivity index (χ3v) is 2.66. The number of carbonyl (C=O) groups excluding carboxylic acids is 1. The third kappa shape index (κ3) is 3.43. The van der Waals surface area contributed by atoms with Crippen molar-refractivity contribution in [3.63, 3.8) is 0 Å². The maximum atomic E-state index is 11.7. The fraction of sp³-hybridized carbons (Fsp3) is 0.538. The summed E-state index contributed by atoms with van der Waals surface area (Å²) in [5, 5.41) is 9.03. The first-order valence-electron chi connectivity index (χ1n) is 6.02. The van der Waals surface area contributed by atoms with Crippen LogP contribution in [0.2, 0.25) is 0 Å². The molecular formula is C13H21N3O2. The second-order valence-electron chi connectivity index (χ2n) is 4.62. The normalized spacial score (nSPS) is 10.6. The summed E-state index contributed by atoms with van der Waals surface area (Å²) in [5.74, 6) is 0.710. The smallest absolute Gasteiger partial charge is 0.254 e. The Labute approximate surface area is 108 Å². The number of hydrogen-bond acceptors (Lipinski definition) is 4. The SMILES string of the molecule is CC(C)N(CCO)c1ccc(C(=O)N(C)C)cn1. The molecule has 0 aliphatic rings. The summed E-state index contributed by atoms with van der Waals surface area (Å²) in [4.78, 5) is 19.5. The van der Waals surface area contributed by atoms with Gasteiger partial charge in [0.1, 0.15) is 5.82 Å². The van der Waals surface area contributed by atoms with Gasteiger partial charge in [-0.25, -0.2) is 4.98 Å². The lowest BCUT2D eigenvalue weighted by Gasteiger charge is -2.27. The number of aliphatic hydroxyl groups is 1. The highest BCUT2D eigenvalue weighted by Gasteiger charge is 2.13. The van der Waals surface area contributed by atoms with E-state index < -0.39 is 0 Å². The Balaban J connectivity index is 2.90. The number of amides is 1. The van der Waals surface area contributed by atoms with Crippen LogP contribution in [0.3, 0.4) is 0 Å². The summed E-state index contributed by atoms with van der Waals surface area (Å²) in [6.07, 6.45) is 1.57. The van der Waals surface area contributed by atoms with Crippen LogP contribution in [0.5, 0.6) is 0 Å². The Kier molecular flexibility index (Phi) is 5.09. The quantitative estimate of drug-likeness (QED) is 0.848. The number of rotatable bonds is 5. The van der Waals surface area contributed by atoms with Crippen LogP contribution in [0, 0.1) is 0 Å². The number of nitrogens with zero attached hydrogens (tertiary/aromatic N) is 3. The molecule has 0 aliphatic heterocycles. The van der Waals surface area contributed by atoms with Gasteiger partial charge in [0.05, 0.1) is 12.2 Å². The van der Waals surface area contributed by atoms with Crippen molar-refractivity contribution >= 4 is 11.7 Å². The van der Waals surface area contributed by atoms with E-state index in [0.29, 0.717) is 12.1 Å². The number of pyridine rings is 1. The van der Waals surface area contributed by atoms with Crippen molar-refractivity contribution in [1.82, 2.24) is 9.88 Å². The van der Waals surface area contributed by atoms with E-state index >= 15 is 0 Å². The van der Waals surface area contributed by atoms with Gasteiger partial charge in [-0.2, -0.15) is 0 Å². The average Bonchev–Trinajstić information content (AvgIpc) is 2.35. The monoisotopic (exact) mass is 251 g/mol. The van der Waals surface area contributed by atoms with Gasteiger partial charge >= 0.3 is 0 Å². The van der Waals surface area contributed by atoms with Crippen LogP contribution in [0.15, 0.2) is 18.3 Å². The molecule has 0 fully saturated rings. The van der Waals surface area contributed by atoms with Gasteiger partial charge in [0.2, 0.25) is 0 Å². The molecule has 1 heterocycles. The van der Waals surface area contributed by atoms with Gasteiger partial charge in [-0.3, -0.25) is 4.79 Å². The lowest BCUT2D eigenvalue weighted by Crippen LogP contribution is -2.34. The van der Waals surface area contributed by atoms with Crippen molar-refractivity contribution in [2.45, 2.75) is 19.9 Å². The van der Waals surface area contributed by atoms with E-state index in [-0.39, 0.29) is 18.6 Å². The number of aliphatic hydroxyl groups excluding tert-OH is 1. The molecule has 1 N–H and O–H groups in total. The standard InChI is InChI=1S/C13H21N3O2/c1-10(2)16(7-8-17)12-6-5-11(9-14-12)13(18)15(3)4/h5-6,9-10,17H,7-8H2,1-4H3. The van der Waals surface area contributed by atoms with E-state index in [9.17, 15) is 4.79 Å². The molecule has 0 aliphatic carbocycles. The van der Waals surface area contributed by atoms with E-state index in [1.807, 2.05) is 24.8 Å². The molecule has 5 nitrogen and oxygen atoms in total. The highest BCUT2D eigenvalue weighted by Crippen LogP contribution is 2.14. The predicted molar refractivity (Wildman–Crippen MR) is 71.8 cm³/mol. The first-order chi connectivity index (χ1) is 8.47. The minimum absolute atomic E-state index is 0.0627. The molecule has 0 saturated carbocycles. The minimum Gasteiger partial charge on any atom is -0.395 e. The lowest BCUT2D eigenvalue weighted by atomic mass is 10.2. The first-order valence-corrected chi connectivity index (χ1v) is 6.02. The Morgan fingerprint density at radius 3 is 2.44 bits per heavy atom. The Bertz CT molecular complexity index is 388. The molecule has 1 aromatic rings. The Morgan fingerprint density at radius 1 is 1.39 bits per heavy atom. The second kappa shape index (κ2) is 6.35. The zero-order chi connectivity index (χ0) is 13.7. The Morgan fingerprint density at radius 2 is 2.06 bits per heavy atom. The fourth-order valence-electron chi connectivity index (χ4n) is 1.69. The zero-order valence-corrected chi connectivity index (χ0v) is 11.4. The van der Waals surface area contributed by atoms with E-state index in [4.69, 9.17) is 5.11 Å². The van der Waals surface area contributed by atoms with Crippen LogP contribution < -0.4 is 4.90 Å². The van der Waals surface area contributed by atoms with E-state index in [1.54, 1.807) is 26.4 Å². The number of carbonyl (C=O) groups is 1. The second-order valence-corrected chi connectivity index (χ2v) is 4.62. The maximum Gasteiger partial charge on any atom is 0.254 e. The van der Waals surface area contributed by atoms with Gasteiger partial charge < -0.3 is 14.9 Å². The van der Waals surface area contributed by atoms with Crippen molar-refractivity contribution in [2.75, 3.05) is 32.1 Å². The maximum absolute atomic E-state index is 11.7. The van der Waals surface area contributed by atoms with Crippen LogP contribution in [0.4, 0.5) is 5.82 Å². The molecule has 1 rings (SSSR count). The van der Waals surface area contributed by atoms with E-state index in [2.05, 4.69) is 4.98 Å². The van der Waals surface area contributed by atoms with Crippen molar-refractivity contribution in [1.29, 1.82) is 0 Å². The largest absolute Gasteiger partial charge is 0.395 e. The summed E-state index contributed by atoms with van der Waals surface area (Å²) in [6.45, 7) is 4.69. The summed E-state index contributed by atoms with van der Waals surface area (Å²) in [5.41, 5.74) is 0.566. The van der Waals surface area contributed by atoms with Gasteiger partial charge in [0, 0.05) is 32.9 Å². The number of aromatic nitrogens is 1.